The van der Waals surface area contributed by atoms with Crippen LogP contribution in [-0.4, -0.2) is 45.3 Å². The first-order valence-electron chi connectivity index (χ1n) is 7.28. The number of pyridine rings is 2. The normalized spacial score (nSPS) is 20.5. The molecular formula is C16H16ClN3O3. The quantitative estimate of drug-likeness (QED) is 0.930. The maximum Gasteiger partial charge on any atom is 0.407 e. The van der Waals surface area contributed by atoms with Gasteiger partial charge in [0.05, 0.1) is 6.04 Å². The largest absolute Gasteiger partial charge is 0.474 e. The molecule has 1 aliphatic rings. The highest BCUT2D eigenvalue weighted by molar-refractivity contribution is 6.31. The van der Waals surface area contributed by atoms with E-state index >= 15 is 0 Å². The van der Waals surface area contributed by atoms with E-state index in [2.05, 4.69) is 9.97 Å². The minimum absolute atomic E-state index is 0.118. The number of likely N-dealkylation sites (tertiary alicyclic amines) is 1. The van der Waals surface area contributed by atoms with E-state index in [4.69, 9.17) is 16.3 Å². The molecule has 3 rings (SSSR count). The molecule has 0 saturated carbocycles. The Kier molecular flexibility index (Phi) is 4.62. The second-order valence-corrected chi connectivity index (χ2v) is 5.82. The summed E-state index contributed by atoms with van der Waals surface area (Å²) in [6.45, 7) is 0.658. The Morgan fingerprint density at radius 2 is 2.22 bits per heavy atom. The molecule has 120 valence electrons. The summed E-state index contributed by atoms with van der Waals surface area (Å²) in [6, 6.07) is 6.99. The number of hydrogen-bond acceptors (Lipinski definition) is 4. The van der Waals surface area contributed by atoms with E-state index in [1.54, 1.807) is 30.7 Å². The lowest BCUT2D eigenvalue weighted by atomic mass is 9.98. The lowest BCUT2D eigenvalue weighted by Gasteiger charge is -2.21. The molecule has 1 fully saturated rings. The molecule has 1 saturated heterocycles. The average molecular weight is 334 g/mol. The lowest BCUT2D eigenvalue weighted by Crippen LogP contribution is -2.38. The highest BCUT2D eigenvalue weighted by Gasteiger charge is 2.36. The van der Waals surface area contributed by atoms with Crippen LogP contribution in [0.5, 0.6) is 5.88 Å². The van der Waals surface area contributed by atoms with Crippen LogP contribution in [0.4, 0.5) is 4.79 Å². The first kappa shape index (κ1) is 15.6. The molecule has 1 amide bonds. The molecule has 6 nitrogen and oxygen atoms in total. The van der Waals surface area contributed by atoms with Crippen LogP contribution < -0.4 is 4.74 Å². The van der Waals surface area contributed by atoms with E-state index in [0.29, 0.717) is 23.9 Å². The molecule has 0 radical (unpaired) electrons. The van der Waals surface area contributed by atoms with Crippen LogP contribution >= 0.6 is 11.6 Å². The van der Waals surface area contributed by atoms with Gasteiger partial charge in [-0.2, -0.15) is 0 Å². The van der Waals surface area contributed by atoms with Crippen molar-refractivity contribution in [3.63, 3.8) is 0 Å². The van der Waals surface area contributed by atoms with Crippen LogP contribution in [0, 0.1) is 0 Å². The molecule has 0 bridgehead atoms. The Balaban J connectivity index is 1.70. The van der Waals surface area contributed by atoms with Gasteiger partial charge in [-0.3, -0.25) is 4.98 Å². The van der Waals surface area contributed by atoms with Crippen molar-refractivity contribution in [2.24, 2.45) is 0 Å². The zero-order chi connectivity index (χ0) is 16.2. The number of nitrogens with zero attached hydrogens (tertiary/aromatic N) is 3. The molecule has 2 aromatic rings. The minimum Gasteiger partial charge on any atom is -0.474 e. The number of carboxylic acid groups (broad SMARTS) is 1. The summed E-state index contributed by atoms with van der Waals surface area (Å²) in [7, 11) is 0. The molecule has 23 heavy (non-hydrogen) atoms. The molecular weight excluding hydrogens is 318 g/mol. The number of halogens is 1. The summed E-state index contributed by atoms with van der Waals surface area (Å²) >= 11 is 6.01. The number of hydrogen-bond donors (Lipinski definition) is 1. The van der Waals surface area contributed by atoms with Crippen molar-refractivity contribution in [2.45, 2.75) is 18.4 Å². The third kappa shape index (κ3) is 3.53. The van der Waals surface area contributed by atoms with Crippen LogP contribution in [0.15, 0.2) is 42.9 Å². The SMILES string of the molecule is O=C(O)N1CC(c2cccnc2)C[C@@H]1COc1ncccc1Cl. The molecule has 2 atom stereocenters. The molecule has 0 spiro atoms. The Morgan fingerprint density at radius 1 is 1.39 bits per heavy atom. The van der Waals surface area contributed by atoms with E-state index in [-0.39, 0.29) is 18.6 Å². The summed E-state index contributed by atoms with van der Waals surface area (Å²) in [5.74, 6) is 0.442. The molecule has 1 unspecified atom stereocenters. The van der Waals surface area contributed by atoms with Gasteiger partial charge in [0.1, 0.15) is 11.6 Å². The number of amides is 1. The minimum atomic E-state index is -0.947. The van der Waals surface area contributed by atoms with Crippen molar-refractivity contribution in [3.8, 4) is 5.88 Å². The van der Waals surface area contributed by atoms with Crippen molar-refractivity contribution in [1.82, 2.24) is 14.9 Å². The second kappa shape index (κ2) is 6.83. The van der Waals surface area contributed by atoms with Crippen LogP contribution in [0.1, 0.15) is 17.9 Å². The first-order valence-corrected chi connectivity index (χ1v) is 7.65. The average Bonchev–Trinajstić information content (AvgIpc) is 2.99. The first-order chi connectivity index (χ1) is 11.1. The third-order valence-corrected chi connectivity index (χ3v) is 4.24. The lowest BCUT2D eigenvalue weighted by molar-refractivity contribution is 0.122. The summed E-state index contributed by atoms with van der Waals surface area (Å²) in [4.78, 5) is 21.1. The van der Waals surface area contributed by atoms with Crippen LogP contribution in [0.2, 0.25) is 5.02 Å². The summed E-state index contributed by atoms with van der Waals surface area (Å²) < 4.78 is 5.62. The van der Waals surface area contributed by atoms with Crippen LogP contribution in [0.3, 0.4) is 0 Å². The van der Waals surface area contributed by atoms with Gasteiger partial charge in [0.2, 0.25) is 5.88 Å². The van der Waals surface area contributed by atoms with Gasteiger partial charge in [-0.25, -0.2) is 9.78 Å². The maximum atomic E-state index is 11.5. The summed E-state index contributed by atoms with van der Waals surface area (Å²) in [6.07, 6.45) is 4.81. The maximum absolute atomic E-state index is 11.5. The van der Waals surface area contributed by atoms with Crippen molar-refractivity contribution in [3.05, 3.63) is 53.4 Å². The van der Waals surface area contributed by atoms with Gasteiger partial charge < -0.3 is 14.7 Å². The van der Waals surface area contributed by atoms with Crippen molar-refractivity contribution >= 4 is 17.7 Å². The van der Waals surface area contributed by atoms with E-state index in [9.17, 15) is 9.90 Å². The zero-order valence-corrected chi connectivity index (χ0v) is 13.1. The predicted molar refractivity (Wildman–Crippen MR) is 84.9 cm³/mol. The van der Waals surface area contributed by atoms with Crippen molar-refractivity contribution in [2.75, 3.05) is 13.2 Å². The Bertz CT molecular complexity index is 683. The molecule has 0 aliphatic carbocycles. The van der Waals surface area contributed by atoms with Gasteiger partial charge in [0.25, 0.3) is 0 Å². The third-order valence-electron chi connectivity index (χ3n) is 3.95. The van der Waals surface area contributed by atoms with Gasteiger partial charge in [-0.05, 0) is 30.2 Å². The van der Waals surface area contributed by atoms with E-state index in [0.717, 1.165) is 5.56 Å². The Morgan fingerprint density at radius 3 is 2.91 bits per heavy atom. The zero-order valence-electron chi connectivity index (χ0n) is 12.3. The van der Waals surface area contributed by atoms with Gasteiger partial charge in [-0.1, -0.05) is 17.7 Å². The van der Waals surface area contributed by atoms with Crippen LogP contribution in [-0.2, 0) is 0 Å². The number of ether oxygens (including phenoxy) is 1. The number of aromatic nitrogens is 2. The predicted octanol–water partition coefficient (Wildman–Crippen LogP) is 3.04. The fraction of sp³-hybridized carbons (Fsp3) is 0.312. The summed E-state index contributed by atoms with van der Waals surface area (Å²) in [5, 5.41) is 9.83. The molecule has 3 heterocycles. The fourth-order valence-electron chi connectivity index (χ4n) is 2.82. The smallest absolute Gasteiger partial charge is 0.407 e. The second-order valence-electron chi connectivity index (χ2n) is 5.41. The highest BCUT2D eigenvalue weighted by Crippen LogP contribution is 2.32. The Labute approximate surface area is 138 Å². The molecule has 1 aliphatic heterocycles. The van der Waals surface area contributed by atoms with Gasteiger partial charge in [-0.15, -0.1) is 0 Å². The molecule has 2 aromatic heterocycles. The standard InChI is InChI=1S/C16H16ClN3O3/c17-14-4-2-6-19-15(14)23-10-13-7-12(9-20(13)16(21)22)11-3-1-5-18-8-11/h1-6,8,12-13H,7,9-10H2,(H,21,22)/t12?,13-/m1/s1. The van der Waals surface area contributed by atoms with Crippen molar-refractivity contribution in [1.29, 1.82) is 0 Å². The molecule has 1 N–H and O–H groups in total. The van der Waals surface area contributed by atoms with E-state index < -0.39 is 6.09 Å². The number of rotatable bonds is 4. The molecule has 7 heteroatoms. The Hall–Kier alpha value is -2.34. The van der Waals surface area contributed by atoms with Gasteiger partial charge >= 0.3 is 6.09 Å². The van der Waals surface area contributed by atoms with E-state index in [1.807, 2.05) is 12.1 Å². The van der Waals surface area contributed by atoms with Gasteiger partial charge in [0.15, 0.2) is 0 Å². The molecule has 0 aromatic carbocycles. The monoisotopic (exact) mass is 333 g/mol. The topological polar surface area (TPSA) is 75.5 Å². The van der Waals surface area contributed by atoms with Gasteiger partial charge in [0, 0.05) is 31.1 Å². The number of carbonyl (C=O) groups is 1. The van der Waals surface area contributed by atoms with Crippen molar-refractivity contribution < 1.29 is 14.6 Å². The highest BCUT2D eigenvalue weighted by atomic mass is 35.5. The van der Waals surface area contributed by atoms with Crippen LogP contribution in [0.25, 0.3) is 0 Å². The fourth-order valence-corrected chi connectivity index (χ4v) is 3.00. The van der Waals surface area contributed by atoms with E-state index in [1.165, 1.54) is 4.90 Å². The summed E-state index contributed by atoms with van der Waals surface area (Å²) in [5.41, 5.74) is 1.04.